The monoisotopic (exact) mass is 256 g/mol. The van der Waals surface area contributed by atoms with Crippen molar-refractivity contribution in [1.82, 2.24) is 9.78 Å². The zero-order chi connectivity index (χ0) is 12.3. The highest BCUT2D eigenvalue weighted by Crippen LogP contribution is 2.22. The van der Waals surface area contributed by atoms with Crippen molar-refractivity contribution in [2.75, 3.05) is 6.61 Å². The standard InChI is InChI=1S/C8H8ClF3N2O2/c1-2-16-7(15)5-3-13-14(6(5)9)4-8(10,11)12/h3H,2,4H2,1H3. The van der Waals surface area contributed by atoms with Crippen molar-refractivity contribution in [3.8, 4) is 0 Å². The molecule has 4 nitrogen and oxygen atoms in total. The smallest absolute Gasteiger partial charge is 0.408 e. The van der Waals surface area contributed by atoms with E-state index in [-0.39, 0.29) is 17.3 Å². The SMILES string of the molecule is CCOC(=O)c1cnn(CC(F)(F)F)c1Cl. The minimum atomic E-state index is -4.44. The third kappa shape index (κ3) is 3.13. The lowest BCUT2D eigenvalue weighted by atomic mass is 10.4. The molecule has 1 aromatic rings. The number of aromatic nitrogens is 2. The molecule has 0 amide bonds. The fraction of sp³-hybridized carbons (Fsp3) is 0.500. The first-order valence-electron chi connectivity index (χ1n) is 4.30. The molecule has 90 valence electrons. The summed E-state index contributed by atoms with van der Waals surface area (Å²) >= 11 is 5.56. The molecular weight excluding hydrogens is 249 g/mol. The molecule has 0 aliphatic heterocycles. The molecular formula is C8H8ClF3N2O2. The Labute approximate surface area is 93.9 Å². The van der Waals surface area contributed by atoms with Gasteiger partial charge in [0.05, 0.1) is 12.8 Å². The van der Waals surface area contributed by atoms with Crippen molar-refractivity contribution in [2.24, 2.45) is 0 Å². The van der Waals surface area contributed by atoms with E-state index in [1.165, 1.54) is 0 Å². The van der Waals surface area contributed by atoms with Gasteiger partial charge in [0.25, 0.3) is 0 Å². The van der Waals surface area contributed by atoms with Crippen molar-refractivity contribution < 1.29 is 22.7 Å². The summed E-state index contributed by atoms with van der Waals surface area (Å²) in [5.74, 6) is -0.791. The molecule has 16 heavy (non-hydrogen) atoms. The summed E-state index contributed by atoms with van der Waals surface area (Å²) in [5, 5.41) is 2.99. The van der Waals surface area contributed by atoms with E-state index in [0.717, 1.165) is 6.20 Å². The van der Waals surface area contributed by atoms with E-state index in [0.29, 0.717) is 4.68 Å². The number of hydrogen-bond donors (Lipinski definition) is 0. The van der Waals surface area contributed by atoms with Crippen LogP contribution in [0.3, 0.4) is 0 Å². The normalized spacial score (nSPS) is 11.6. The van der Waals surface area contributed by atoms with E-state index >= 15 is 0 Å². The number of rotatable bonds is 3. The summed E-state index contributed by atoms with van der Waals surface area (Å²) in [4.78, 5) is 11.2. The van der Waals surface area contributed by atoms with Crippen molar-refractivity contribution in [3.63, 3.8) is 0 Å². The molecule has 0 aliphatic carbocycles. The summed E-state index contributed by atoms with van der Waals surface area (Å²) in [6, 6.07) is 0. The molecule has 0 spiro atoms. The molecule has 0 fully saturated rings. The minimum absolute atomic E-state index is 0.111. The van der Waals surface area contributed by atoms with Gasteiger partial charge in [-0.15, -0.1) is 0 Å². The van der Waals surface area contributed by atoms with Crippen LogP contribution >= 0.6 is 11.6 Å². The predicted octanol–water partition coefficient (Wildman–Crippen LogP) is 2.28. The lowest BCUT2D eigenvalue weighted by Gasteiger charge is -2.07. The van der Waals surface area contributed by atoms with Crippen LogP contribution in [0.5, 0.6) is 0 Å². The van der Waals surface area contributed by atoms with Crippen LogP contribution in [0.4, 0.5) is 13.2 Å². The average Bonchev–Trinajstić information content (AvgIpc) is 2.46. The first-order chi connectivity index (χ1) is 7.35. The van der Waals surface area contributed by atoms with Crippen molar-refractivity contribution in [3.05, 3.63) is 16.9 Å². The Morgan fingerprint density at radius 3 is 2.75 bits per heavy atom. The van der Waals surface area contributed by atoms with E-state index in [9.17, 15) is 18.0 Å². The number of carbonyl (C=O) groups excluding carboxylic acids is 1. The van der Waals surface area contributed by atoms with Gasteiger partial charge in [0.2, 0.25) is 0 Å². The minimum Gasteiger partial charge on any atom is -0.462 e. The second kappa shape index (κ2) is 4.73. The number of halogens is 4. The molecule has 0 radical (unpaired) electrons. The van der Waals surface area contributed by atoms with Gasteiger partial charge in [-0.2, -0.15) is 18.3 Å². The largest absolute Gasteiger partial charge is 0.462 e. The van der Waals surface area contributed by atoms with Gasteiger partial charge in [-0.05, 0) is 6.92 Å². The maximum Gasteiger partial charge on any atom is 0.408 e. The maximum atomic E-state index is 12.0. The molecule has 8 heteroatoms. The van der Waals surface area contributed by atoms with E-state index in [4.69, 9.17) is 11.6 Å². The van der Waals surface area contributed by atoms with Crippen LogP contribution in [0, 0.1) is 0 Å². The van der Waals surface area contributed by atoms with Gasteiger partial charge in [-0.3, -0.25) is 0 Å². The Morgan fingerprint density at radius 2 is 2.25 bits per heavy atom. The van der Waals surface area contributed by atoms with Gasteiger partial charge in [-0.1, -0.05) is 11.6 Å². The zero-order valence-corrected chi connectivity index (χ0v) is 8.97. The Kier molecular flexibility index (Phi) is 3.79. The summed E-state index contributed by atoms with van der Waals surface area (Å²) in [7, 11) is 0. The summed E-state index contributed by atoms with van der Waals surface area (Å²) in [5.41, 5.74) is -0.173. The fourth-order valence-electron chi connectivity index (χ4n) is 0.996. The summed E-state index contributed by atoms with van der Waals surface area (Å²) in [6.45, 7) is 0.344. The van der Waals surface area contributed by atoms with Crippen LogP contribution in [0.25, 0.3) is 0 Å². The molecule has 0 saturated heterocycles. The van der Waals surface area contributed by atoms with E-state index < -0.39 is 18.7 Å². The number of ether oxygens (including phenoxy) is 1. The number of alkyl halides is 3. The highest BCUT2D eigenvalue weighted by atomic mass is 35.5. The average molecular weight is 257 g/mol. The van der Waals surface area contributed by atoms with Gasteiger partial charge in [0, 0.05) is 0 Å². The summed E-state index contributed by atoms with van der Waals surface area (Å²) in [6.07, 6.45) is -3.49. The van der Waals surface area contributed by atoms with Crippen LogP contribution in [-0.4, -0.2) is 28.5 Å². The lowest BCUT2D eigenvalue weighted by molar-refractivity contribution is -0.142. The quantitative estimate of drug-likeness (QED) is 0.780. The Balaban J connectivity index is 2.88. The van der Waals surface area contributed by atoms with Crippen LogP contribution in [0.1, 0.15) is 17.3 Å². The Hall–Kier alpha value is -1.24. The van der Waals surface area contributed by atoms with Crippen molar-refractivity contribution >= 4 is 17.6 Å². The number of hydrogen-bond acceptors (Lipinski definition) is 3. The predicted molar refractivity (Wildman–Crippen MR) is 49.2 cm³/mol. The zero-order valence-electron chi connectivity index (χ0n) is 8.21. The number of esters is 1. The molecule has 0 N–H and O–H groups in total. The maximum absolute atomic E-state index is 12.0. The third-order valence-electron chi connectivity index (χ3n) is 1.60. The molecule has 1 heterocycles. The highest BCUT2D eigenvalue weighted by Gasteiger charge is 2.30. The molecule has 0 saturated carbocycles. The fourth-order valence-corrected chi connectivity index (χ4v) is 1.23. The first-order valence-corrected chi connectivity index (χ1v) is 4.68. The highest BCUT2D eigenvalue weighted by molar-refractivity contribution is 6.32. The number of carbonyl (C=O) groups is 1. The van der Waals surface area contributed by atoms with Crippen molar-refractivity contribution in [2.45, 2.75) is 19.6 Å². The molecule has 0 aliphatic rings. The van der Waals surface area contributed by atoms with Gasteiger partial charge < -0.3 is 4.74 Å². The van der Waals surface area contributed by atoms with Crippen LogP contribution in [0.15, 0.2) is 6.20 Å². The third-order valence-corrected chi connectivity index (χ3v) is 2.00. The lowest BCUT2D eigenvalue weighted by Crippen LogP contribution is -2.18. The van der Waals surface area contributed by atoms with Crippen LogP contribution < -0.4 is 0 Å². The molecule has 1 rings (SSSR count). The summed E-state index contributed by atoms with van der Waals surface area (Å²) < 4.78 is 41.2. The van der Waals surface area contributed by atoms with Gasteiger partial charge >= 0.3 is 12.1 Å². The molecule has 0 aromatic carbocycles. The topological polar surface area (TPSA) is 44.1 Å². The second-order valence-electron chi connectivity index (χ2n) is 2.84. The van der Waals surface area contributed by atoms with Gasteiger partial charge in [0.1, 0.15) is 17.3 Å². The van der Waals surface area contributed by atoms with Crippen LogP contribution in [0.2, 0.25) is 5.15 Å². The van der Waals surface area contributed by atoms with E-state index in [1.807, 2.05) is 0 Å². The van der Waals surface area contributed by atoms with Crippen LogP contribution in [-0.2, 0) is 11.3 Å². The second-order valence-corrected chi connectivity index (χ2v) is 3.20. The Morgan fingerprint density at radius 1 is 1.62 bits per heavy atom. The number of nitrogens with zero attached hydrogens (tertiary/aromatic N) is 2. The van der Waals surface area contributed by atoms with Gasteiger partial charge in [0.15, 0.2) is 0 Å². The molecule has 0 unspecified atom stereocenters. The van der Waals surface area contributed by atoms with Crippen molar-refractivity contribution in [1.29, 1.82) is 0 Å². The molecule has 0 atom stereocenters. The first kappa shape index (κ1) is 12.8. The van der Waals surface area contributed by atoms with E-state index in [2.05, 4.69) is 9.84 Å². The van der Waals surface area contributed by atoms with E-state index in [1.54, 1.807) is 6.92 Å². The van der Waals surface area contributed by atoms with Gasteiger partial charge in [-0.25, -0.2) is 9.48 Å². The molecule has 0 bridgehead atoms. The molecule has 1 aromatic heterocycles. The Bertz CT molecular complexity index is 389.